The van der Waals surface area contributed by atoms with Gasteiger partial charge in [0.15, 0.2) is 0 Å². The van der Waals surface area contributed by atoms with E-state index in [2.05, 4.69) is 15.6 Å². The summed E-state index contributed by atoms with van der Waals surface area (Å²) in [5.74, 6) is -0.885. The Kier molecular flexibility index (Phi) is 5.40. The third kappa shape index (κ3) is 3.99. The fourth-order valence-electron chi connectivity index (χ4n) is 3.14. The topological polar surface area (TPSA) is 91.4 Å². The molecule has 7 nitrogen and oxygen atoms in total. The summed E-state index contributed by atoms with van der Waals surface area (Å²) in [6.07, 6.45) is 3.26. The highest BCUT2D eigenvalue weighted by molar-refractivity contribution is 7.11. The quantitative estimate of drug-likeness (QED) is 0.598. The minimum Gasteiger partial charge on any atom is -0.350 e. The molecule has 30 heavy (non-hydrogen) atoms. The van der Waals surface area contributed by atoms with Crippen LogP contribution in [0.4, 0.5) is 11.4 Å². The Labute approximate surface area is 177 Å². The van der Waals surface area contributed by atoms with Crippen molar-refractivity contribution < 1.29 is 14.4 Å². The van der Waals surface area contributed by atoms with Crippen LogP contribution in [0.3, 0.4) is 0 Å². The molecule has 0 saturated carbocycles. The number of carbonyl (C=O) groups excluding carboxylic acids is 3. The van der Waals surface area contributed by atoms with Crippen molar-refractivity contribution in [1.29, 1.82) is 0 Å². The van der Waals surface area contributed by atoms with E-state index in [1.807, 2.05) is 17.5 Å². The van der Waals surface area contributed by atoms with Crippen LogP contribution in [0.2, 0.25) is 0 Å². The molecular weight excluding hydrogens is 400 g/mol. The van der Waals surface area contributed by atoms with E-state index in [9.17, 15) is 14.4 Å². The molecule has 0 fully saturated rings. The van der Waals surface area contributed by atoms with Crippen LogP contribution in [0.15, 0.2) is 72.0 Å². The van der Waals surface area contributed by atoms with Gasteiger partial charge in [0.25, 0.3) is 11.8 Å². The highest BCUT2D eigenvalue weighted by atomic mass is 32.1. The Bertz CT molecular complexity index is 1120. The highest BCUT2D eigenvalue weighted by Gasteiger charge is 2.39. The Hall–Kier alpha value is -3.78. The zero-order valence-electron chi connectivity index (χ0n) is 16.1. The van der Waals surface area contributed by atoms with E-state index in [-0.39, 0.29) is 30.0 Å². The van der Waals surface area contributed by atoms with Gasteiger partial charge >= 0.3 is 0 Å². The lowest BCUT2D eigenvalue weighted by molar-refractivity contribution is -0.137. The van der Waals surface area contributed by atoms with Crippen LogP contribution in [-0.2, 0) is 20.9 Å². The molecule has 0 bridgehead atoms. The summed E-state index contributed by atoms with van der Waals surface area (Å²) in [5.41, 5.74) is 2.70. The number of hydrogen-bond acceptors (Lipinski definition) is 6. The van der Waals surface area contributed by atoms with Gasteiger partial charge in [-0.2, -0.15) is 0 Å². The Balaban J connectivity index is 1.64. The van der Waals surface area contributed by atoms with Crippen LogP contribution in [0.25, 0.3) is 5.57 Å². The molecule has 8 heteroatoms. The van der Waals surface area contributed by atoms with E-state index < -0.39 is 0 Å². The van der Waals surface area contributed by atoms with Crippen molar-refractivity contribution in [2.45, 2.75) is 13.5 Å². The van der Waals surface area contributed by atoms with E-state index >= 15 is 0 Å². The maximum Gasteiger partial charge on any atom is 0.278 e. The van der Waals surface area contributed by atoms with Gasteiger partial charge in [0.05, 0.1) is 12.1 Å². The molecule has 3 heterocycles. The summed E-state index contributed by atoms with van der Waals surface area (Å²) >= 11 is 1.40. The lowest BCUT2D eigenvalue weighted by Gasteiger charge is -2.15. The molecule has 2 aromatic heterocycles. The number of thiophene rings is 1. The molecule has 0 unspecified atom stereocenters. The number of amides is 3. The summed E-state index contributed by atoms with van der Waals surface area (Å²) in [7, 11) is 0. The van der Waals surface area contributed by atoms with Crippen LogP contribution >= 0.6 is 11.3 Å². The van der Waals surface area contributed by atoms with Crippen molar-refractivity contribution in [1.82, 2.24) is 9.88 Å². The molecule has 1 aliphatic heterocycles. The summed E-state index contributed by atoms with van der Waals surface area (Å²) in [5, 5.41) is 7.67. The molecule has 0 spiro atoms. The molecule has 4 rings (SSSR count). The highest BCUT2D eigenvalue weighted by Crippen LogP contribution is 2.33. The van der Waals surface area contributed by atoms with Crippen molar-refractivity contribution in [2.75, 3.05) is 10.6 Å². The SMILES string of the molecule is CC(=O)Nc1ccc(NC2=C(c3cccs3)C(=O)N(Cc3ccncc3)C2=O)cc1. The number of nitrogens with zero attached hydrogens (tertiary/aromatic N) is 2. The summed E-state index contributed by atoms with van der Waals surface area (Å²) in [6, 6.07) is 14.2. The number of rotatable bonds is 6. The second-order valence-corrected chi connectivity index (χ2v) is 7.61. The Morgan fingerprint density at radius 3 is 2.33 bits per heavy atom. The van der Waals surface area contributed by atoms with Crippen molar-refractivity contribution in [3.8, 4) is 0 Å². The zero-order chi connectivity index (χ0) is 21.1. The summed E-state index contributed by atoms with van der Waals surface area (Å²) < 4.78 is 0. The van der Waals surface area contributed by atoms with Crippen molar-refractivity contribution in [2.24, 2.45) is 0 Å². The first-order valence-electron chi connectivity index (χ1n) is 9.21. The number of carbonyl (C=O) groups is 3. The molecule has 0 saturated heterocycles. The van der Waals surface area contributed by atoms with Crippen LogP contribution in [-0.4, -0.2) is 27.6 Å². The smallest absolute Gasteiger partial charge is 0.278 e. The van der Waals surface area contributed by atoms with Crippen LogP contribution in [0.5, 0.6) is 0 Å². The van der Waals surface area contributed by atoms with Gasteiger partial charge in [0.2, 0.25) is 5.91 Å². The molecule has 3 amide bonds. The standard InChI is InChI=1S/C22H18N4O3S/c1-14(27)24-16-4-6-17(7-5-16)25-20-19(18-3-2-12-30-18)21(28)26(22(20)29)13-15-8-10-23-11-9-15/h2-12,25H,13H2,1H3,(H,24,27). The minimum absolute atomic E-state index is 0.165. The second kappa shape index (κ2) is 8.30. The number of hydrogen-bond donors (Lipinski definition) is 2. The normalized spacial score (nSPS) is 13.7. The first kappa shape index (κ1) is 19.5. The lowest BCUT2D eigenvalue weighted by Crippen LogP contribution is -2.31. The van der Waals surface area contributed by atoms with Gasteiger partial charge in [-0.1, -0.05) is 6.07 Å². The molecule has 0 radical (unpaired) electrons. The van der Waals surface area contributed by atoms with Crippen LogP contribution in [0, 0.1) is 0 Å². The predicted octanol–water partition coefficient (Wildman–Crippen LogP) is 3.49. The van der Waals surface area contributed by atoms with Gasteiger partial charge < -0.3 is 10.6 Å². The van der Waals surface area contributed by atoms with Gasteiger partial charge in [-0.3, -0.25) is 24.3 Å². The number of nitrogens with one attached hydrogen (secondary N) is 2. The van der Waals surface area contributed by atoms with Gasteiger partial charge in [0.1, 0.15) is 5.70 Å². The van der Waals surface area contributed by atoms with Gasteiger partial charge in [-0.25, -0.2) is 0 Å². The fourth-order valence-corrected chi connectivity index (χ4v) is 3.91. The van der Waals surface area contributed by atoms with Gasteiger partial charge in [-0.15, -0.1) is 11.3 Å². The molecule has 1 aromatic carbocycles. The molecule has 3 aromatic rings. The minimum atomic E-state index is -0.383. The van der Waals surface area contributed by atoms with Gasteiger partial charge in [-0.05, 0) is 53.4 Å². The maximum absolute atomic E-state index is 13.2. The summed E-state index contributed by atoms with van der Waals surface area (Å²) in [4.78, 5) is 43.4. The predicted molar refractivity (Wildman–Crippen MR) is 115 cm³/mol. The van der Waals surface area contributed by atoms with E-state index in [1.165, 1.54) is 23.2 Å². The largest absolute Gasteiger partial charge is 0.350 e. The summed E-state index contributed by atoms with van der Waals surface area (Å²) in [6.45, 7) is 1.60. The molecule has 150 valence electrons. The first-order valence-corrected chi connectivity index (χ1v) is 10.1. The fraction of sp³-hybridized carbons (Fsp3) is 0.0909. The molecular formula is C22H18N4O3S. The first-order chi connectivity index (χ1) is 14.5. The zero-order valence-corrected chi connectivity index (χ0v) is 16.9. The third-order valence-electron chi connectivity index (χ3n) is 4.50. The van der Waals surface area contributed by atoms with E-state index in [4.69, 9.17) is 0 Å². The molecule has 0 atom stereocenters. The molecule has 2 N–H and O–H groups in total. The maximum atomic E-state index is 13.2. The van der Waals surface area contributed by atoms with Crippen molar-refractivity contribution >= 4 is 46.0 Å². The Morgan fingerprint density at radius 2 is 1.70 bits per heavy atom. The third-order valence-corrected chi connectivity index (χ3v) is 5.39. The number of imide groups is 1. The number of benzene rings is 1. The lowest BCUT2D eigenvalue weighted by atomic mass is 10.2. The molecule has 0 aliphatic carbocycles. The number of anilines is 2. The second-order valence-electron chi connectivity index (χ2n) is 6.66. The van der Waals surface area contributed by atoms with Gasteiger partial charge in [0, 0.05) is 35.6 Å². The molecule has 1 aliphatic rings. The van der Waals surface area contributed by atoms with E-state index in [0.717, 1.165) is 10.4 Å². The average Bonchev–Trinajstić information content (AvgIpc) is 3.33. The monoisotopic (exact) mass is 418 g/mol. The average molecular weight is 418 g/mol. The number of pyridine rings is 1. The van der Waals surface area contributed by atoms with Crippen molar-refractivity contribution in [3.63, 3.8) is 0 Å². The van der Waals surface area contributed by atoms with E-state index in [1.54, 1.807) is 48.8 Å². The Morgan fingerprint density at radius 1 is 1.00 bits per heavy atom. The van der Waals surface area contributed by atoms with Crippen LogP contribution < -0.4 is 10.6 Å². The van der Waals surface area contributed by atoms with Crippen LogP contribution in [0.1, 0.15) is 17.4 Å². The number of aromatic nitrogens is 1. The van der Waals surface area contributed by atoms with E-state index in [0.29, 0.717) is 16.9 Å². The van der Waals surface area contributed by atoms with Crippen molar-refractivity contribution in [3.05, 3.63) is 82.4 Å².